The Morgan fingerprint density at radius 3 is 2.43 bits per heavy atom. The van der Waals surface area contributed by atoms with Crippen molar-refractivity contribution in [2.75, 3.05) is 6.26 Å². The molecule has 110 valence electrons. The van der Waals surface area contributed by atoms with Crippen LogP contribution in [0.15, 0.2) is 41.7 Å². The Morgan fingerprint density at radius 2 is 1.86 bits per heavy atom. The molecule has 0 fully saturated rings. The van der Waals surface area contributed by atoms with E-state index in [1.165, 1.54) is 11.8 Å². The van der Waals surface area contributed by atoms with Gasteiger partial charge in [-0.15, -0.1) is 0 Å². The first kappa shape index (κ1) is 15.5. The lowest BCUT2D eigenvalue weighted by molar-refractivity contribution is 0.0919. The number of aromatic nitrogens is 2. The molecule has 2 aromatic rings. The Kier molecular flexibility index (Phi) is 4.63. The van der Waals surface area contributed by atoms with E-state index >= 15 is 0 Å². The normalized spacial score (nSPS) is 11.2. The highest BCUT2D eigenvalue weighted by atomic mass is 32.2. The van der Waals surface area contributed by atoms with E-state index in [9.17, 15) is 4.79 Å². The third-order valence-electron chi connectivity index (χ3n) is 2.73. The van der Waals surface area contributed by atoms with Gasteiger partial charge in [0, 0.05) is 17.3 Å². The molecule has 0 atom stereocenters. The maximum atomic E-state index is 12.5. The summed E-state index contributed by atoms with van der Waals surface area (Å²) in [4.78, 5) is 21.2. The molecule has 1 aromatic carbocycles. The zero-order chi connectivity index (χ0) is 15.5. The highest BCUT2D eigenvalue weighted by Gasteiger charge is 2.20. The van der Waals surface area contributed by atoms with E-state index in [0.29, 0.717) is 16.4 Å². The van der Waals surface area contributed by atoms with Crippen LogP contribution in [0.2, 0.25) is 0 Å². The molecule has 0 aliphatic heterocycles. The monoisotopic (exact) mass is 301 g/mol. The summed E-state index contributed by atoms with van der Waals surface area (Å²) in [6.07, 6.45) is 3.52. The van der Waals surface area contributed by atoms with Gasteiger partial charge < -0.3 is 5.32 Å². The first-order valence-electron chi connectivity index (χ1n) is 6.69. The summed E-state index contributed by atoms with van der Waals surface area (Å²) in [6, 6.07) is 9.69. The molecule has 0 saturated heterocycles. The highest BCUT2D eigenvalue weighted by molar-refractivity contribution is 7.98. The summed E-state index contributed by atoms with van der Waals surface area (Å²) in [5, 5.41) is 3.61. The van der Waals surface area contributed by atoms with E-state index in [1.807, 2.05) is 57.4 Å². The van der Waals surface area contributed by atoms with Crippen LogP contribution in [0.1, 0.15) is 31.1 Å². The van der Waals surface area contributed by atoms with Crippen molar-refractivity contribution < 1.29 is 4.79 Å². The lowest BCUT2D eigenvalue weighted by atomic mass is 10.0. The molecule has 1 heterocycles. The minimum atomic E-state index is -0.302. The summed E-state index contributed by atoms with van der Waals surface area (Å²) in [5.41, 5.74) is 1.77. The number of carbonyl (C=O) groups is 1. The Bertz CT molecular complexity index is 636. The first-order valence-corrected chi connectivity index (χ1v) is 7.92. The summed E-state index contributed by atoms with van der Waals surface area (Å²) in [6.45, 7) is 5.85. The van der Waals surface area contributed by atoms with Gasteiger partial charge in [0.1, 0.15) is 0 Å². The maximum Gasteiger partial charge on any atom is 0.255 e. The number of nitrogens with one attached hydrogen (secondary N) is 1. The van der Waals surface area contributed by atoms with Gasteiger partial charge in [0.2, 0.25) is 0 Å². The predicted octanol–water partition coefficient (Wildman–Crippen LogP) is 3.39. The number of benzene rings is 1. The van der Waals surface area contributed by atoms with Gasteiger partial charge in [0.25, 0.3) is 5.91 Å². The largest absolute Gasteiger partial charge is 0.347 e. The number of amides is 1. The zero-order valence-electron chi connectivity index (χ0n) is 12.7. The van der Waals surface area contributed by atoms with Crippen molar-refractivity contribution in [3.63, 3.8) is 0 Å². The van der Waals surface area contributed by atoms with Gasteiger partial charge in [-0.05, 0) is 27.0 Å². The van der Waals surface area contributed by atoms with Crippen LogP contribution in [0.4, 0.5) is 0 Å². The second kappa shape index (κ2) is 6.26. The van der Waals surface area contributed by atoms with E-state index in [4.69, 9.17) is 0 Å². The molecule has 1 amide bonds. The molecule has 21 heavy (non-hydrogen) atoms. The number of thioether (sulfide) groups is 1. The summed E-state index contributed by atoms with van der Waals surface area (Å²) < 4.78 is 0. The molecule has 0 unspecified atom stereocenters. The van der Waals surface area contributed by atoms with Crippen LogP contribution < -0.4 is 5.32 Å². The van der Waals surface area contributed by atoms with E-state index in [0.717, 1.165) is 5.56 Å². The number of rotatable bonds is 3. The zero-order valence-corrected chi connectivity index (χ0v) is 13.5. The van der Waals surface area contributed by atoms with Gasteiger partial charge in [0.15, 0.2) is 5.16 Å². The molecule has 0 aliphatic rings. The number of carbonyl (C=O) groups excluding carboxylic acids is 1. The van der Waals surface area contributed by atoms with Crippen molar-refractivity contribution in [3.8, 4) is 11.3 Å². The van der Waals surface area contributed by atoms with Crippen molar-refractivity contribution in [1.82, 2.24) is 15.3 Å². The van der Waals surface area contributed by atoms with Gasteiger partial charge in [-0.25, -0.2) is 9.97 Å². The minimum Gasteiger partial charge on any atom is -0.347 e. The summed E-state index contributed by atoms with van der Waals surface area (Å²) in [5.74, 6) is -0.158. The quantitative estimate of drug-likeness (QED) is 0.697. The van der Waals surface area contributed by atoms with E-state index < -0.39 is 0 Å². The van der Waals surface area contributed by atoms with Gasteiger partial charge in [-0.3, -0.25) is 4.79 Å². The molecule has 0 spiro atoms. The summed E-state index contributed by atoms with van der Waals surface area (Å²) in [7, 11) is 0. The molecular formula is C16H19N3OS. The van der Waals surface area contributed by atoms with E-state index in [2.05, 4.69) is 15.3 Å². The molecule has 4 nitrogen and oxygen atoms in total. The smallest absolute Gasteiger partial charge is 0.255 e. The van der Waals surface area contributed by atoms with Crippen molar-refractivity contribution in [3.05, 3.63) is 42.1 Å². The van der Waals surface area contributed by atoms with Crippen molar-refractivity contribution in [2.24, 2.45) is 0 Å². The molecule has 1 N–H and O–H groups in total. The van der Waals surface area contributed by atoms with E-state index in [1.54, 1.807) is 6.20 Å². The van der Waals surface area contributed by atoms with Crippen LogP contribution in [0.25, 0.3) is 11.3 Å². The van der Waals surface area contributed by atoms with Crippen LogP contribution >= 0.6 is 11.8 Å². The first-order chi connectivity index (χ1) is 9.90. The minimum absolute atomic E-state index is 0.158. The second-order valence-corrected chi connectivity index (χ2v) is 6.46. The Morgan fingerprint density at radius 1 is 1.19 bits per heavy atom. The Labute approximate surface area is 129 Å². The number of hydrogen-bond acceptors (Lipinski definition) is 4. The molecule has 0 saturated carbocycles. The standard InChI is InChI=1S/C16H19N3OS/c1-16(2,3)19-14(20)12-10-17-15(21-4)18-13(12)11-8-6-5-7-9-11/h5-10H,1-4H3,(H,19,20). The predicted molar refractivity (Wildman–Crippen MR) is 86.5 cm³/mol. The summed E-state index contributed by atoms with van der Waals surface area (Å²) >= 11 is 1.46. The third-order valence-corrected chi connectivity index (χ3v) is 3.29. The topological polar surface area (TPSA) is 54.9 Å². The molecule has 2 rings (SSSR count). The molecule has 0 radical (unpaired) electrons. The number of hydrogen-bond donors (Lipinski definition) is 1. The lowest BCUT2D eigenvalue weighted by Gasteiger charge is -2.21. The van der Waals surface area contributed by atoms with Crippen LogP contribution in [0.3, 0.4) is 0 Å². The maximum absolute atomic E-state index is 12.5. The van der Waals surface area contributed by atoms with Crippen molar-refractivity contribution in [2.45, 2.75) is 31.5 Å². The molecule has 5 heteroatoms. The molecule has 1 aromatic heterocycles. The molecule has 0 bridgehead atoms. The fourth-order valence-corrected chi connectivity index (χ4v) is 2.19. The van der Waals surface area contributed by atoms with Crippen LogP contribution in [-0.4, -0.2) is 27.7 Å². The number of nitrogens with zero attached hydrogens (tertiary/aromatic N) is 2. The average Bonchev–Trinajstić information content (AvgIpc) is 2.45. The van der Waals surface area contributed by atoms with Crippen molar-refractivity contribution >= 4 is 17.7 Å². The average molecular weight is 301 g/mol. The highest BCUT2D eigenvalue weighted by Crippen LogP contribution is 2.23. The molecule has 0 aliphatic carbocycles. The second-order valence-electron chi connectivity index (χ2n) is 5.69. The van der Waals surface area contributed by atoms with Crippen molar-refractivity contribution in [1.29, 1.82) is 0 Å². The lowest BCUT2D eigenvalue weighted by Crippen LogP contribution is -2.40. The fraction of sp³-hybridized carbons (Fsp3) is 0.312. The third kappa shape index (κ3) is 4.04. The van der Waals surface area contributed by atoms with Gasteiger partial charge in [0.05, 0.1) is 11.3 Å². The van der Waals surface area contributed by atoms with Crippen LogP contribution in [0, 0.1) is 0 Å². The van der Waals surface area contributed by atoms with Crippen LogP contribution in [-0.2, 0) is 0 Å². The Balaban J connectivity index is 2.48. The SMILES string of the molecule is CSc1ncc(C(=O)NC(C)(C)C)c(-c2ccccc2)n1. The van der Waals surface area contributed by atoms with E-state index in [-0.39, 0.29) is 11.4 Å². The van der Waals surface area contributed by atoms with Gasteiger partial charge >= 0.3 is 0 Å². The fourth-order valence-electron chi connectivity index (χ4n) is 1.85. The molecular weight excluding hydrogens is 282 g/mol. The van der Waals surface area contributed by atoms with Gasteiger partial charge in [-0.1, -0.05) is 42.1 Å². The van der Waals surface area contributed by atoms with Crippen LogP contribution in [0.5, 0.6) is 0 Å². The van der Waals surface area contributed by atoms with Gasteiger partial charge in [-0.2, -0.15) is 0 Å². The Hall–Kier alpha value is -1.88.